The second kappa shape index (κ2) is 16.1. The summed E-state index contributed by atoms with van der Waals surface area (Å²) in [4.78, 5) is 24.9. The Labute approximate surface area is 258 Å². The van der Waals surface area contributed by atoms with Gasteiger partial charge in [-0.15, -0.1) is 0 Å². The van der Waals surface area contributed by atoms with Crippen LogP contribution < -0.4 is 29.1 Å². The van der Waals surface area contributed by atoms with E-state index in [0.29, 0.717) is 55.2 Å². The number of para-hydroxylation sites is 2. The lowest BCUT2D eigenvalue weighted by atomic mass is 10.1. The second-order valence-corrected chi connectivity index (χ2v) is 10.2. The van der Waals surface area contributed by atoms with Crippen molar-refractivity contribution in [3.8, 4) is 22.6 Å². The lowest BCUT2D eigenvalue weighted by Crippen LogP contribution is -2.37. The summed E-state index contributed by atoms with van der Waals surface area (Å²) in [6, 6.07) is 20.8. The lowest BCUT2D eigenvalue weighted by Gasteiger charge is -2.10. The van der Waals surface area contributed by atoms with E-state index in [2.05, 4.69) is 17.2 Å². The van der Waals surface area contributed by atoms with Crippen LogP contribution in [0, 0.1) is 0 Å². The van der Waals surface area contributed by atoms with E-state index in [1.807, 2.05) is 88.4 Å². The van der Waals surface area contributed by atoms with Gasteiger partial charge in [0.05, 0.1) is 11.1 Å². The summed E-state index contributed by atoms with van der Waals surface area (Å²) in [7, 11) is -0.838. The van der Waals surface area contributed by atoms with Gasteiger partial charge in [0.2, 0.25) is 5.91 Å². The van der Waals surface area contributed by atoms with Crippen LogP contribution in [-0.2, 0) is 17.9 Å². The third-order valence-electron chi connectivity index (χ3n) is 6.81. The molecule has 2 aromatic heterocycles. The van der Waals surface area contributed by atoms with Gasteiger partial charge in [0.1, 0.15) is 17.1 Å². The predicted octanol–water partition coefficient (Wildman–Crippen LogP) is 1.11. The Morgan fingerprint density at radius 2 is 1.36 bits per heavy atom. The lowest BCUT2D eigenvalue weighted by molar-refractivity contribution is -0.688. The van der Waals surface area contributed by atoms with E-state index in [-0.39, 0.29) is 11.8 Å². The molecule has 0 radical (unpaired) electrons. The van der Waals surface area contributed by atoms with Crippen molar-refractivity contribution >= 4 is 27.2 Å². The standard InChI is InChI=1S/C32H34B2N4O6/c1-23(2)31(39)35-14-7-15-36-32(40)28-18-27(21-38(22-28)20-26-9-4-6-11-30(26)44-34-42)24-12-16-37(17-13-24)19-25-8-3-5-10-29(25)43-33-41/h3-6,8-13,16-18,21-22,33-34,41-42H,1,7,14-15,19-20H2,2H3/p+2. The number of pyridine rings is 2. The molecule has 0 saturated heterocycles. The maximum absolute atomic E-state index is 13.2. The van der Waals surface area contributed by atoms with Gasteiger partial charge in [0, 0.05) is 36.4 Å². The highest BCUT2D eigenvalue weighted by molar-refractivity contribution is 6.17. The highest BCUT2D eigenvalue weighted by Crippen LogP contribution is 2.21. The van der Waals surface area contributed by atoms with Crippen molar-refractivity contribution in [1.29, 1.82) is 0 Å². The average molecular weight is 594 g/mol. The molecule has 0 bridgehead atoms. The number of benzene rings is 2. The third-order valence-corrected chi connectivity index (χ3v) is 6.81. The molecule has 12 heteroatoms. The molecule has 0 aliphatic heterocycles. The van der Waals surface area contributed by atoms with Gasteiger partial charge in [-0.3, -0.25) is 9.59 Å². The van der Waals surface area contributed by atoms with Crippen molar-refractivity contribution in [1.82, 2.24) is 10.6 Å². The molecule has 224 valence electrons. The van der Waals surface area contributed by atoms with Crippen molar-refractivity contribution in [3.05, 3.63) is 120 Å². The van der Waals surface area contributed by atoms with E-state index in [0.717, 1.165) is 22.3 Å². The van der Waals surface area contributed by atoms with E-state index >= 15 is 0 Å². The molecule has 2 aromatic carbocycles. The minimum absolute atomic E-state index is 0.206. The Kier molecular flexibility index (Phi) is 11.7. The van der Waals surface area contributed by atoms with Gasteiger partial charge in [-0.1, -0.05) is 30.8 Å². The molecule has 10 nitrogen and oxygen atoms in total. The molecule has 4 rings (SSSR count). The number of rotatable bonds is 15. The van der Waals surface area contributed by atoms with Crippen LogP contribution in [0.1, 0.15) is 34.8 Å². The van der Waals surface area contributed by atoms with E-state index in [1.54, 1.807) is 19.2 Å². The number of amides is 2. The predicted molar refractivity (Wildman–Crippen MR) is 168 cm³/mol. The van der Waals surface area contributed by atoms with Crippen LogP contribution in [0.15, 0.2) is 104 Å². The van der Waals surface area contributed by atoms with Crippen LogP contribution in [0.2, 0.25) is 0 Å². The Morgan fingerprint density at radius 1 is 0.795 bits per heavy atom. The van der Waals surface area contributed by atoms with Gasteiger partial charge < -0.3 is 30.0 Å². The van der Waals surface area contributed by atoms with E-state index in [4.69, 9.17) is 9.31 Å². The summed E-state index contributed by atoms with van der Waals surface area (Å²) in [5.74, 6) is 0.734. The molecule has 0 saturated carbocycles. The Bertz CT molecular complexity index is 1600. The van der Waals surface area contributed by atoms with Crippen LogP contribution >= 0.6 is 0 Å². The van der Waals surface area contributed by atoms with Crippen molar-refractivity contribution in [2.24, 2.45) is 0 Å². The zero-order valence-corrected chi connectivity index (χ0v) is 24.7. The molecule has 2 heterocycles. The molecule has 0 unspecified atom stereocenters. The Balaban J connectivity index is 1.56. The Morgan fingerprint density at radius 3 is 1.95 bits per heavy atom. The van der Waals surface area contributed by atoms with Gasteiger partial charge in [-0.2, -0.15) is 4.57 Å². The second-order valence-electron chi connectivity index (χ2n) is 10.2. The molecule has 2 amide bonds. The molecular weight excluding hydrogens is 558 g/mol. The van der Waals surface area contributed by atoms with Crippen LogP contribution in [0.3, 0.4) is 0 Å². The molecule has 4 N–H and O–H groups in total. The van der Waals surface area contributed by atoms with Crippen LogP contribution in [0.4, 0.5) is 0 Å². The first-order chi connectivity index (χ1) is 21.4. The van der Waals surface area contributed by atoms with Gasteiger partial charge in [0.15, 0.2) is 37.9 Å². The van der Waals surface area contributed by atoms with Crippen LogP contribution in [-0.4, -0.2) is 50.3 Å². The number of hydrogen-bond acceptors (Lipinski definition) is 6. The number of nitrogens with one attached hydrogen (secondary N) is 2. The van der Waals surface area contributed by atoms with Crippen molar-refractivity contribution in [2.45, 2.75) is 26.4 Å². The molecule has 0 atom stereocenters. The number of carbonyl (C=O) groups is 2. The average Bonchev–Trinajstić information content (AvgIpc) is 3.03. The van der Waals surface area contributed by atoms with E-state index in [1.165, 1.54) is 0 Å². The molecular formula is C32H36B2N4O6+2. The normalized spacial score (nSPS) is 10.4. The maximum Gasteiger partial charge on any atom is 0.504 e. The fourth-order valence-corrected chi connectivity index (χ4v) is 4.59. The summed E-state index contributed by atoms with van der Waals surface area (Å²) < 4.78 is 14.7. The summed E-state index contributed by atoms with van der Waals surface area (Å²) in [6.07, 6.45) is 8.21. The SMILES string of the molecule is C=C(C)C(=O)NCCCNC(=O)c1cc(-c2cc[n+](Cc3ccccc3OBO)cc2)c[n+](Cc2ccccc2OBO)c1. The molecule has 0 spiro atoms. The number of carbonyl (C=O) groups excluding carboxylic acids is 2. The van der Waals surface area contributed by atoms with Gasteiger partial charge in [-0.05, 0) is 49.2 Å². The molecule has 44 heavy (non-hydrogen) atoms. The number of aromatic nitrogens is 2. The highest BCUT2D eigenvalue weighted by Gasteiger charge is 2.18. The summed E-state index contributed by atoms with van der Waals surface area (Å²) in [6.45, 7) is 7.04. The van der Waals surface area contributed by atoms with Gasteiger partial charge in [0.25, 0.3) is 5.91 Å². The summed E-state index contributed by atoms with van der Waals surface area (Å²) in [5.41, 5.74) is 4.43. The topological polar surface area (TPSA) is 125 Å². The molecule has 4 aromatic rings. The zero-order valence-electron chi connectivity index (χ0n) is 24.7. The third kappa shape index (κ3) is 9.03. The minimum Gasteiger partial charge on any atom is -0.538 e. The zero-order chi connectivity index (χ0) is 31.3. The molecule has 0 aliphatic carbocycles. The highest BCUT2D eigenvalue weighted by atomic mass is 16.5. The van der Waals surface area contributed by atoms with Crippen molar-refractivity contribution < 1.29 is 38.1 Å². The molecule has 0 fully saturated rings. The van der Waals surface area contributed by atoms with E-state index in [9.17, 15) is 19.6 Å². The first-order valence-electron chi connectivity index (χ1n) is 14.3. The minimum atomic E-state index is -0.442. The first kappa shape index (κ1) is 32.0. The quantitative estimate of drug-likeness (QED) is 0.0708. The fourth-order valence-electron chi connectivity index (χ4n) is 4.59. The van der Waals surface area contributed by atoms with Crippen molar-refractivity contribution in [3.63, 3.8) is 0 Å². The molecule has 0 aliphatic rings. The smallest absolute Gasteiger partial charge is 0.504 e. The Hall–Kier alpha value is -4.93. The van der Waals surface area contributed by atoms with Crippen LogP contribution in [0.25, 0.3) is 11.1 Å². The van der Waals surface area contributed by atoms with Crippen LogP contribution in [0.5, 0.6) is 11.5 Å². The summed E-state index contributed by atoms with van der Waals surface area (Å²) >= 11 is 0. The van der Waals surface area contributed by atoms with Gasteiger partial charge >= 0.3 is 15.4 Å². The largest absolute Gasteiger partial charge is 0.538 e. The first-order valence-corrected chi connectivity index (χ1v) is 14.3. The van der Waals surface area contributed by atoms with E-state index < -0.39 is 15.4 Å². The van der Waals surface area contributed by atoms with Crippen molar-refractivity contribution in [2.75, 3.05) is 13.1 Å². The number of hydrogen-bond donors (Lipinski definition) is 4. The number of nitrogens with zero attached hydrogens (tertiary/aromatic N) is 2. The summed E-state index contributed by atoms with van der Waals surface area (Å²) in [5, 5.41) is 24.2. The van der Waals surface area contributed by atoms with Gasteiger partial charge in [-0.25, -0.2) is 4.57 Å². The monoisotopic (exact) mass is 594 g/mol. The fraction of sp³-hybridized carbons (Fsp3) is 0.188. The maximum atomic E-state index is 13.2.